The molecule has 1 heterocycles. The van der Waals surface area contributed by atoms with Crippen molar-refractivity contribution in [3.8, 4) is 5.75 Å². The van der Waals surface area contributed by atoms with Gasteiger partial charge in [-0.15, -0.1) is 0 Å². The van der Waals surface area contributed by atoms with E-state index in [0.717, 1.165) is 35.1 Å². The molecule has 2 aliphatic rings. The van der Waals surface area contributed by atoms with Gasteiger partial charge in [0.05, 0.1) is 11.6 Å². The normalized spacial score (nSPS) is 28.8. The number of esters is 1. The maximum absolute atomic E-state index is 11.8. The molecule has 1 fully saturated rings. The van der Waals surface area contributed by atoms with E-state index >= 15 is 0 Å². The van der Waals surface area contributed by atoms with Crippen LogP contribution in [0.2, 0.25) is 0 Å². The number of phenols is 1. The van der Waals surface area contributed by atoms with Gasteiger partial charge in [0.2, 0.25) is 0 Å². The highest BCUT2D eigenvalue weighted by Gasteiger charge is 2.46. The number of anilines is 1. The molecule has 1 saturated heterocycles. The Labute approximate surface area is 112 Å². The van der Waals surface area contributed by atoms with E-state index in [9.17, 15) is 9.90 Å². The maximum Gasteiger partial charge on any atom is 0.309 e. The predicted octanol–water partition coefficient (Wildman–Crippen LogP) is 2.39. The number of nitrogens with two attached hydrogens (primary N) is 1. The number of benzene rings is 1. The number of ether oxygens (including phenoxy) is 1. The van der Waals surface area contributed by atoms with E-state index in [1.807, 2.05) is 20.8 Å². The van der Waals surface area contributed by atoms with Gasteiger partial charge in [-0.2, -0.15) is 0 Å². The van der Waals surface area contributed by atoms with Gasteiger partial charge in [0.1, 0.15) is 11.9 Å². The summed E-state index contributed by atoms with van der Waals surface area (Å²) in [7, 11) is 0. The summed E-state index contributed by atoms with van der Waals surface area (Å²) >= 11 is 0. The summed E-state index contributed by atoms with van der Waals surface area (Å²) in [5.74, 6) is 0.169. The molecule has 3 N–H and O–H groups in total. The maximum atomic E-state index is 11.8. The van der Waals surface area contributed by atoms with E-state index in [1.165, 1.54) is 0 Å². The zero-order valence-electron chi connectivity index (χ0n) is 11.5. The second-order valence-electron chi connectivity index (χ2n) is 5.75. The fourth-order valence-corrected chi connectivity index (χ4v) is 3.55. The molecule has 0 unspecified atom stereocenters. The van der Waals surface area contributed by atoms with Crippen molar-refractivity contribution >= 4 is 11.7 Å². The Kier molecular flexibility index (Phi) is 2.52. The Morgan fingerprint density at radius 1 is 1.32 bits per heavy atom. The van der Waals surface area contributed by atoms with Crippen molar-refractivity contribution in [1.82, 2.24) is 0 Å². The number of carbonyl (C=O) groups excluding carboxylic acids is 1. The Balaban J connectivity index is 2.22. The van der Waals surface area contributed by atoms with E-state index in [4.69, 9.17) is 10.5 Å². The standard InChI is InChI=1S/C15H19NO3/c1-6-9-4-5-10-7(2)15(18)19-14(10)11(9)8(3)13(17)12(6)16/h7,10,14,17H,4-5,16H2,1-3H3/t7-,10-,14+/m0/s1. The zero-order chi connectivity index (χ0) is 13.9. The minimum absolute atomic E-state index is 0.0578. The number of aromatic hydroxyl groups is 1. The summed E-state index contributed by atoms with van der Waals surface area (Å²) in [6.07, 6.45) is 1.63. The highest BCUT2D eigenvalue weighted by Crippen LogP contribution is 2.51. The lowest BCUT2D eigenvalue weighted by Gasteiger charge is -2.31. The first-order valence-electron chi connectivity index (χ1n) is 6.74. The number of phenolic OH excluding ortho intramolecular Hbond substituents is 1. The van der Waals surface area contributed by atoms with Crippen LogP contribution in [0.3, 0.4) is 0 Å². The molecule has 102 valence electrons. The fourth-order valence-electron chi connectivity index (χ4n) is 3.55. The molecule has 4 heteroatoms. The molecule has 0 saturated carbocycles. The van der Waals surface area contributed by atoms with Crippen LogP contribution in [0.1, 0.15) is 41.7 Å². The lowest BCUT2D eigenvalue weighted by Crippen LogP contribution is -2.23. The molecule has 0 bridgehead atoms. The molecule has 4 nitrogen and oxygen atoms in total. The van der Waals surface area contributed by atoms with Crippen LogP contribution in [-0.2, 0) is 16.0 Å². The van der Waals surface area contributed by atoms with Gasteiger partial charge in [-0.25, -0.2) is 0 Å². The molecule has 0 spiro atoms. The molecule has 19 heavy (non-hydrogen) atoms. The Bertz CT molecular complexity index is 579. The van der Waals surface area contributed by atoms with Crippen LogP contribution in [0.5, 0.6) is 5.75 Å². The summed E-state index contributed by atoms with van der Waals surface area (Å²) in [5, 5.41) is 10.1. The van der Waals surface area contributed by atoms with Crippen molar-refractivity contribution < 1.29 is 14.6 Å². The number of rotatable bonds is 0. The largest absolute Gasteiger partial charge is 0.505 e. The number of fused-ring (bicyclic) bond motifs is 3. The van der Waals surface area contributed by atoms with Crippen LogP contribution in [-0.4, -0.2) is 11.1 Å². The van der Waals surface area contributed by atoms with Gasteiger partial charge in [0.15, 0.2) is 0 Å². The van der Waals surface area contributed by atoms with Crippen LogP contribution in [0, 0.1) is 25.7 Å². The van der Waals surface area contributed by atoms with E-state index in [2.05, 4.69) is 0 Å². The van der Waals surface area contributed by atoms with E-state index in [1.54, 1.807) is 0 Å². The van der Waals surface area contributed by atoms with Gasteiger partial charge < -0.3 is 15.6 Å². The summed E-state index contributed by atoms with van der Waals surface area (Å²) in [6.45, 7) is 5.70. The third kappa shape index (κ3) is 1.49. The molecular formula is C15H19NO3. The van der Waals surface area contributed by atoms with Gasteiger partial charge in [0, 0.05) is 17.0 Å². The Morgan fingerprint density at radius 3 is 2.68 bits per heavy atom. The Hall–Kier alpha value is -1.71. The first-order chi connectivity index (χ1) is 8.93. The summed E-state index contributed by atoms with van der Waals surface area (Å²) < 4.78 is 5.54. The smallest absolute Gasteiger partial charge is 0.309 e. The van der Waals surface area contributed by atoms with Gasteiger partial charge in [-0.3, -0.25) is 4.79 Å². The highest BCUT2D eigenvalue weighted by molar-refractivity contribution is 5.76. The van der Waals surface area contributed by atoms with E-state index < -0.39 is 0 Å². The van der Waals surface area contributed by atoms with Crippen molar-refractivity contribution in [2.45, 2.75) is 39.7 Å². The fraction of sp³-hybridized carbons (Fsp3) is 0.533. The van der Waals surface area contributed by atoms with E-state index in [0.29, 0.717) is 5.69 Å². The molecule has 1 aliphatic carbocycles. The number of hydrogen-bond acceptors (Lipinski definition) is 4. The monoisotopic (exact) mass is 261 g/mol. The lowest BCUT2D eigenvalue weighted by molar-refractivity contribution is -0.144. The van der Waals surface area contributed by atoms with Gasteiger partial charge in [0.25, 0.3) is 0 Å². The number of nitrogen functional groups attached to an aromatic ring is 1. The average molecular weight is 261 g/mol. The third-order valence-corrected chi connectivity index (χ3v) is 4.85. The minimum Gasteiger partial charge on any atom is -0.505 e. The van der Waals surface area contributed by atoms with Crippen molar-refractivity contribution in [2.24, 2.45) is 11.8 Å². The highest BCUT2D eigenvalue weighted by atomic mass is 16.6. The van der Waals surface area contributed by atoms with Crippen molar-refractivity contribution in [1.29, 1.82) is 0 Å². The molecule has 1 aromatic carbocycles. The molecule has 3 rings (SSSR count). The van der Waals surface area contributed by atoms with Gasteiger partial charge >= 0.3 is 5.97 Å². The van der Waals surface area contributed by atoms with Crippen LogP contribution in [0.4, 0.5) is 5.69 Å². The van der Waals surface area contributed by atoms with Crippen LogP contribution < -0.4 is 5.73 Å². The molecule has 1 aliphatic heterocycles. The molecule has 0 radical (unpaired) electrons. The minimum atomic E-state index is -0.212. The van der Waals surface area contributed by atoms with Crippen LogP contribution in [0.15, 0.2) is 0 Å². The number of hydrogen-bond donors (Lipinski definition) is 2. The zero-order valence-corrected chi connectivity index (χ0v) is 11.5. The topological polar surface area (TPSA) is 72.5 Å². The lowest BCUT2D eigenvalue weighted by atomic mass is 9.74. The van der Waals surface area contributed by atoms with Crippen molar-refractivity contribution in [3.63, 3.8) is 0 Å². The van der Waals surface area contributed by atoms with Gasteiger partial charge in [-0.05, 0) is 37.8 Å². The third-order valence-electron chi connectivity index (χ3n) is 4.85. The first-order valence-corrected chi connectivity index (χ1v) is 6.74. The molecule has 0 amide bonds. The average Bonchev–Trinajstić information content (AvgIpc) is 2.69. The molecular weight excluding hydrogens is 242 g/mol. The Morgan fingerprint density at radius 2 is 2.00 bits per heavy atom. The summed E-state index contributed by atoms with van der Waals surface area (Å²) in [4.78, 5) is 11.8. The molecule has 3 atom stereocenters. The quantitative estimate of drug-likeness (QED) is 0.427. The first kappa shape index (κ1) is 12.3. The predicted molar refractivity (Wildman–Crippen MR) is 71.8 cm³/mol. The van der Waals surface area contributed by atoms with Crippen molar-refractivity contribution in [2.75, 3.05) is 5.73 Å². The van der Waals surface area contributed by atoms with Crippen molar-refractivity contribution in [3.05, 3.63) is 22.3 Å². The number of carbonyl (C=O) groups is 1. The second-order valence-corrected chi connectivity index (χ2v) is 5.75. The summed E-state index contributed by atoms with van der Waals surface area (Å²) in [5.41, 5.74) is 10.2. The molecule has 0 aromatic heterocycles. The SMILES string of the molecule is Cc1c(N)c(O)c(C)c2c1CC[C@H]1[C@H](C)C(=O)O[C@@H]21. The van der Waals surface area contributed by atoms with Crippen LogP contribution in [0.25, 0.3) is 0 Å². The second kappa shape index (κ2) is 3.89. The van der Waals surface area contributed by atoms with Crippen LogP contribution >= 0.6 is 0 Å². The summed E-state index contributed by atoms with van der Waals surface area (Å²) in [6, 6.07) is 0. The molecule has 1 aromatic rings. The van der Waals surface area contributed by atoms with Gasteiger partial charge in [-0.1, -0.05) is 6.92 Å². The van der Waals surface area contributed by atoms with E-state index in [-0.39, 0.29) is 29.7 Å².